The molecule has 0 heterocycles. The quantitative estimate of drug-likeness (QED) is 0.750. The molecule has 0 aliphatic carbocycles. The zero-order chi connectivity index (χ0) is 12.1. The fourth-order valence-electron chi connectivity index (χ4n) is 1.08. The summed E-state index contributed by atoms with van der Waals surface area (Å²) in [5.41, 5.74) is 0.550. The second kappa shape index (κ2) is 5.70. The van der Waals surface area contributed by atoms with Crippen molar-refractivity contribution >= 4 is 22.7 Å². The average Bonchev–Trinajstić information content (AvgIpc) is 2.27. The Bertz CT molecular complexity index is 394. The fraction of sp³-hybridized carbons (Fsp3) is 0.250. The summed E-state index contributed by atoms with van der Waals surface area (Å²) in [7, 11) is 1.62. The van der Waals surface area contributed by atoms with Gasteiger partial charge in [0, 0.05) is 18.0 Å². The molecule has 86 valence electrons. The number of halogens is 1. The lowest BCUT2D eigenvalue weighted by Crippen LogP contribution is -2.23. The summed E-state index contributed by atoms with van der Waals surface area (Å²) in [5.74, 6) is -0.348. The standard InChI is InChI=1S/C12H14FNOS/c1-4-9(2)16-12(15)14(3)11-7-5-6-10(13)8-11/h4-9H,1H2,2-3H3/t9-/m1/s1. The fourth-order valence-corrected chi connectivity index (χ4v) is 1.75. The number of amides is 1. The Kier molecular flexibility index (Phi) is 4.55. The maximum atomic E-state index is 13.0. The highest BCUT2D eigenvalue weighted by Gasteiger charge is 2.14. The zero-order valence-electron chi connectivity index (χ0n) is 9.31. The van der Waals surface area contributed by atoms with Gasteiger partial charge in [0.1, 0.15) is 5.82 Å². The molecule has 0 fully saturated rings. The van der Waals surface area contributed by atoms with E-state index in [9.17, 15) is 9.18 Å². The lowest BCUT2D eigenvalue weighted by molar-refractivity contribution is 0.266. The van der Waals surface area contributed by atoms with E-state index < -0.39 is 0 Å². The van der Waals surface area contributed by atoms with Crippen LogP contribution in [0.2, 0.25) is 0 Å². The van der Waals surface area contributed by atoms with E-state index in [0.29, 0.717) is 5.69 Å². The number of carbonyl (C=O) groups is 1. The van der Waals surface area contributed by atoms with Gasteiger partial charge in [0.15, 0.2) is 0 Å². The molecule has 4 heteroatoms. The first kappa shape index (κ1) is 12.8. The minimum Gasteiger partial charge on any atom is -0.306 e. The summed E-state index contributed by atoms with van der Waals surface area (Å²) in [6.45, 7) is 5.49. The molecule has 1 amide bonds. The maximum Gasteiger partial charge on any atom is 0.286 e. The van der Waals surface area contributed by atoms with E-state index in [4.69, 9.17) is 0 Å². The molecule has 2 nitrogen and oxygen atoms in total. The Balaban J connectivity index is 2.74. The Morgan fingerprint density at radius 2 is 2.31 bits per heavy atom. The number of nitrogens with zero attached hydrogens (tertiary/aromatic N) is 1. The van der Waals surface area contributed by atoms with Gasteiger partial charge in [-0.15, -0.1) is 6.58 Å². The Hall–Kier alpha value is -1.29. The largest absolute Gasteiger partial charge is 0.306 e. The summed E-state index contributed by atoms with van der Waals surface area (Å²) in [5, 5.41) is -0.0819. The van der Waals surface area contributed by atoms with Gasteiger partial charge in [-0.25, -0.2) is 4.39 Å². The molecule has 16 heavy (non-hydrogen) atoms. The Morgan fingerprint density at radius 1 is 1.62 bits per heavy atom. The van der Waals surface area contributed by atoms with Crippen molar-refractivity contribution in [2.75, 3.05) is 11.9 Å². The Labute approximate surface area is 99.1 Å². The highest BCUT2D eigenvalue weighted by atomic mass is 32.2. The SMILES string of the molecule is C=C[C@@H](C)SC(=O)N(C)c1cccc(F)c1. The smallest absolute Gasteiger partial charge is 0.286 e. The van der Waals surface area contributed by atoms with E-state index in [-0.39, 0.29) is 16.3 Å². The lowest BCUT2D eigenvalue weighted by Gasteiger charge is -2.17. The van der Waals surface area contributed by atoms with Crippen molar-refractivity contribution in [3.8, 4) is 0 Å². The number of thioether (sulfide) groups is 1. The van der Waals surface area contributed by atoms with Crippen LogP contribution in [0.25, 0.3) is 0 Å². The molecule has 0 aliphatic rings. The molecule has 0 unspecified atom stereocenters. The predicted octanol–water partition coefficient (Wildman–Crippen LogP) is 3.69. The highest BCUT2D eigenvalue weighted by Crippen LogP contribution is 2.21. The normalized spacial score (nSPS) is 11.9. The van der Waals surface area contributed by atoms with Gasteiger partial charge in [0.25, 0.3) is 5.24 Å². The molecule has 0 aliphatic heterocycles. The van der Waals surface area contributed by atoms with Crippen LogP contribution in [-0.4, -0.2) is 17.5 Å². The van der Waals surface area contributed by atoms with Crippen LogP contribution in [0.3, 0.4) is 0 Å². The highest BCUT2D eigenvalue weighted by molar-refractivity contribution is 8.14. The molecule has 1 aromatic rings. The summed E-state index contributed by atoms with van der Waals surface area (Å²) in [6.07, 6.45) is 1.70. The van der Waals surface area contributed by atoms with Crippen LogP contribution < -0.4 is 4.90 Å². The van der Waals surface area contributed by atoms with Gasteiger partial charge in [0.2, 0.25) is 0 Å². The molecule has 0 saturated carbocycles. The van der Waals surface area contributed by atoms with Crippen molar-refractivity contribution in [2.24, 2.45) is 0 Å². The zero-order valence-corrected chi connectivity index (χ0v) is 10.1. The minimum absolute atomic E-state index is 0.0449. The maximum absolute atomic E-state index is 13.0. The number of rotatable bonds is 3. The van der Waals surface area contributed by atoms with Crippen LogP contribution in [0.1, 0.15) is 6.92 Å². The van der Waals surface area contributed by atoms with Gasteiger partial charge < -0.3 is 4.90 Å². The van der Waals surface area contributed by atoms with Gasteiger partial charge in [-0.2, -0.15) is 0 Å². The second-order valence-electron chi connectivity index (χ2n) is 3.36. The lowest BCUT2D eigenvalue weighted by atomic mass is 10.3. The van der Waals surface area contributed by atoms with Crippen LogP contribution in [0.5, 0.6) is 0 Å². The number of anilines is 1. The minimum atomic E-state index is -0.348. The molecular formula is C12H14FNOS. The third-order valence-electron chi connectivity index (χ3n) is 2.09. The molecule has 1 rings (SSSR count). The molecule has 0 radical (unpaired) electrons. The van der Waals surface area contributed by atoms with E-state index in [1.165, 1.54) is 17.0 Å². The van der Waals surface area contributed by atoms with E-state index in [2.05, 4.69) is 6.58 Å². The van der Waals surface area contributed by atoms with Crippen LogP contribution >= 0.6 is 11.8 Å². The molecule has 0 aromatic heterocycles. The van der Waals surface area contributed by atoms with Gasteiger partial charge in [-0.05, 0) is 25.1 Å². The second-order valence-corrected chi connectivity index (χ2v) is 4.69. The molecule has 1 aromatic carbocycles. The van der Waals surface area contributed by atoms with Crippen LogP contribution in [0.15, 0.2) is 36.9 Å². The molecule has 0 bridgehead atoms. The van der Waals surface area contributed by atoms with E-state index >= 15 is 0 Å². The van der Waals surface area contributed by atoms with Crippen molar-refractivity contribution in [1.29, 1.82) is 0 Å². The van der Waals surface area contributed by atoms with Crippen LogP contribution in [-0.2, 0) is 0 Å². The molecule has 0 saturated heterocycles. The summed E-state index contributed by atoms with van der Waals surface area (Å²) in [6, 6.07) is 5.95. The number of hydrogen-bond acceptors (Lipinski definition) is 2. The molecule has 0 N–H and O–H groups in total. The topological polar surface area (TPSA) is 20.3 Å². The molecule has 1 atom stereocenters. The predicted molar refractivity (Wildman–Crippen MR) is 67.4 cm³/mol. The van der Waals surface area contributed by atoms with Crippen molar-refractivity contribution in [2.45, 2.75) is 12.2 Å². The van der Waals surface area contributed by atoms with Crippen molar-refractivity contribution in [1.82, 2.24) is 0 Å². The average molecular weight is 239 g/mol. The van der Waals surface area contributed by atoms with Gasteiger partial charge in [0.05, 0.1) is 0 Å². The number of hydrogen-bond donors (Lipinski definition) is 0. The van der Waals surface area contributed by atoms with Crippen LogP contribution in [0, 0.1) is 5.82 Å². The van der Waals surface area contributed by atoms with Crippen LogP contribution in [0.4, 0.5) is 14.9 Å². The third-order valence-corrected chi connectivity index (χ3v) is 3.13. The number of benzene rings is 1. The monoisotopic (exact) mass is 239 g/mol. The summed E-state index contributed by atoms with van der Waals surface area (Å²) < 4.78 is 13.0. The van der Waals surface area contributed by atoms with Crippen molar-refractivity contribution in [3.63, 3.8) is 0 Å². The van der Waals surface area contributed by atoms with Gasteiger partial charge in [-0.1, -0.05) is 23.9 Å². The first-order valence-corrected chi connectivity index (χ1v) is 5.75. The van der Waals surface area contributed by atoms with Gasteiger partial charge >= 0.3 is 0 Å². The van der Waals surface area contributed by atoms with Crippen molar-refractivity contribution < 1.29 is 9.18 Å². The Morgan fingerprint density at radius 3 is 2.88 bits per heavy atom. The summed E-state index contributed by atoms with van der Waals surface area (Å²) >= 11 is 1.15. The number of carbonyl (C=O) groups excluding carboxylic acids is 1. The van der Waals surface area contributed by atoms with Gasteiger partial charge in [-0.3, -0.25) is 4.79 Å². The van der Waals surface area contributed by atoms with E-state index in [1.807, 2.05) is 6.92 Å². The first-order valence-electron chi connectivity index (χ1n) is 4.87. The molecule has 0 spiro atoms. The molecular weight excluding hydrogens is 225 g/mol. The summed E-state index contributed by atoms with van der Waals surface area (Å²) in [4.78, 5) is 13.2. The van der Waals surface area contributed by atoms with Crippen molar-refractivity contribution in [3.05, 3.63) is 42.7 Å². The first-order chi connectivity index (χ1) is 7.54. The third kappa shape index (κ3) is 3.38. The van der Waals surface area contributed by atoms with E-state index in [0.717, 1.165) is 11.8 Å². The van der Waals surface area contributed by atoms with E-state index in [1.54, 1.807) is 25.3 Å².